The first kappa shape index (κ1) is 33.0. The van der Waals surface area contributed by atoms with Gasteiger partial charge in [0.2, 0.25) is 11.8 Å². The van der Waals surface area contributed by atoms with Gasteiger partial charge in [0.1, 0.15) is 5.25 Å². The molecule has 6 heteroatoms. The van der Waals surface area contributed by atoms with Crippen LogP contribution in [0.5, 0.6) is 0 Å². The van der Waals surface area contributed by atoms with Crippen molar-refractivity contribution in [3.63, 3.8) is 0 Å². The maximum atomic E-state index is 12.4. The Morgan fingerprint density at radius 1 is 0.806 bits per heavy atom. The Labute approximate surface area is 224 Å². The highest BCUT2D eigenvalue weighted by atomic mass is 32.2. The van der Waals surface area contributed by atoms with Crippen molar-refractivity contribution in [2.24, 2.45) is 0 Å². The highest BCUT2D eigenvalue weighted by Gasteiger charge is 2.41. The number of hydrogen-bond acceptors (Lipinski definition) is 4. The van der Waals surface area contributed by atoms with Gasteiger partial charge in [-0.15, -0.1) is 0 Å². The number of nitrogens with zero attached hydrogens (tertiary/aromatic N) is 1. The molecule has 5 nitrogen and oxygen atoms in total. The molecule has 36 heavy (non-hydrogen) atoms. The summed E-state index contributed by atoms with van der Waals surface area (Å²) in [4.78, 5) is 25.7. The Bertz CT molecular complexity index is 636. The summed E-state index contributed by atoms with van der Waals surface area (Å²) < 4.78 is 12.3. The van der Waals surface area contributed by atoms with Crippen molar-refractivity contribution in [2.75, 3.05) is 5.75 Å². The SMILES string of the molecule is CCCCCCCCCCCCCCCCCCCCC=CN1C(=O)CC(S(=O)CC(O)CC)C1=O. The predicted octanol–water partition coefficient (Wildman–Crippen LogP) is 7.58. The maximum Gasteiger partial charge on any atom is 0.249 e. The molecule has 1 N–H and O–H groups in total. The molecule has 0 spiro atoms. The van der Waals surface area contributed by atoms with Gasteiger partial charge < -0.3 is 5.11 Å². The molecule has 0 aromatic carbocycles. The average molecular weight is 526 g/mol. The number of unbranched alkanes of at least 4 members (excludes halogenated alkanes) is 18. The lowest BCUT2D eigenvalue weighted by atomic mass is 10.0. The number of hydrogen-bond donors (Lipinski definition) is 1. The first-order valence-electron chi connectivity index (χ1n) is 15.1. The van der Waals surface area contributed by atoms with E-state index < -0.39 is 28.1 Å². The van der Waals surface area contributed by atoms with Crippen molar-refractivity contribution in [3.8, 4) is 0 Å². The number of rotatable bonds is 24. The maximum absolute atomic E-state index is 12.4. The van der Waals surface area contributed by atoms with E-state index in [1.807, 2.05) is 6.08 Å². The van der Waals surface area contributed by atoms with Crippen molar-refractivity contribution in [1.29, 1.82) is 0 Å². The lowest BCUT2D eigenvalue weighted by Gasteiger charge is -2.12. The van der Waals surface area contributed by atoms with Crippen LogP contribution in [0.4, 0.5) is 0 Å². The van der Waals surface area contributed by atoms with Crippen LogP contribution < -0.4 is 0 Å². The summed E-state index contributed by atoms with van der Waals surface area (Å²) in [5, 5.41) is 8.86. The number of aliphatic hydroxyl groups excluding tert-OH is 1. The minimum absolute atomic E-state index is 0.0224. The van der Waals surface area contributed by atoms with Crippen molar-refractivity contribution in [1.82, 2.24) is 4.90 Å². The van der Waals surface area contributed by atoms with Crippen LogP contribution in [0.2, 0.25) is 0 Å². The number of allylic oxidation sites excluding steroid dienone is 1. The molecule has 1 aliphatic rings. The van der Waals surface area contributed by atoms with Gasteiger partial charge in [0.15, 0.2) is 0 Å². The van der Waals surface area contributed by atoms with Crippen molar-refractivity contribution in [2.45, 2.75) is 160 Å². The molecule has 210 valence electrons. The van der Waals surface area contributed by atoms with Crippen molar-refractivity contribution < 1.29 is 18.9 Å². The van der Waals surface area contributed by atoms with Crippen LogP contribution in [0.25, 0.3) is 0 Å². The van der Waals surface area contributed by atoms with E-state index in [1.165, 1.54) is 109 Å². The number of aliphatic hydroxyl groups is 1. The molecular formula is C30H55NO4S. The molecule has 0 aromatic heterocycles. The van der Waals surface area contributed by atoms with Gasteiger partial charge in [0.05, 0.1) is 18.3 Å². The third kappa shape index (κ3) is 15.3. The van der Waals surface area contributed by atoms with E-state index in [0.29, 0.717) is 6.42 Å². The van der Waals surface area contributed by atoms with Crippen LogP contribution in [0.1, 0.15) is 149 Å². The van der Waals surface area contributed by atoms with E-state index in [2.05, 4.69) is 6.92 Å². The van der Waals surface area contributed by atoms with Gasteiger partial charge in [-0.1, -0.05) is 129 Å². The highest BCUT2D eigenvalue weighted by molar-refractivity contribution is 7.86. The van der Waals surface area contributed by atoms with Crippen LogP contribution in [0.15, 0.2) is 12.3 Å². The fraction of sp³-hybridized carbons (Fsp3) is 0.867. The summed E-state index contributed by atoms with van der Waals surface area (Å²) in [6, 6.07) is 0. The third-order valence-electron chi connectivity index (χ3n) is 7.27. The zero-order chi connectivity index (χ0) is 26.4. The lowest BCUT2D eigenvalue weighted by molar-refractivity contribution is -0.135. The van der Waals surface area contributed by atoms with E-state index in [4.69, 9.17) is 0 Å². The minimum Gasteiger partial charge on any atom is -0.392 e. The molecule has 0 aromatic rings. The Morgan fingerprint density at radius 3 is 1.69 bits per heavy atom. The lowest BCUT2D eigenvalue weighted by Crippen LogP contribution is -2.32. The molecule has 1 saturated heterocycles. The predicted molar refractivity (Wildman–Crippen MR) is 152 cm³/mol. The quantitative estimate of drug-likeness (QED) is 0.104. The van der Waals surface area contributed by atoms with Crippen LogP contribution in [0, 0.1) is 0 Å². The Morgan fingerprint density at radius 2 is 1.25 bits per heavy atom. The number of carbonyl (C=O) groups excluding carboxylic acids is 2. The smallest absolute Gasteiger partial charge is 0.249 e. The molecule has 3 unspecified atom stereocenters. The second kappa shape index (κ2) is 22.0. The standard InChI is InChI=1S/C30H55NO4S/c1-3-5-6-7-8-9-10-11-12-13-14-15-16-17-18-19-20-21-22-23-24-31-29(33)25-28(30(31)34)36(35)26-27(32)4-2/h23-24,27-28,32H,3-22,25-26H2,1-2H3. The summed E-state index contributed by atoms with van der Waals surface area (Å²) in [6.45, 7) is 4.08. The van der Waals surface area contributed by atoms with E-state index in [1.54, 1.807) is 13.1 Å². The number of amides is 2. The van der Waals surface area contributed by atoms with Crippen LogP contribution >= 0.6 is 0 Å². The Kier molecular flexibility index (Phi) is 20.2. The molecule has 1 rings (SSSR count). The van der Waals surface area contributed by atoms with Crippen molar-refractivity contribution in [3.05, 3.63) is 12.3 Å². The highest BCUT2D eigenvalue weighted by Crippen LogP contribution is 2.20. The van der Waals surface area contributed by atoms with Crippen molar-refractivity contribution >= 4 is 22.6 Å². The molecular weight excluding hydrogens is 470 g/mol. The topological polar surface area (TPSA) is 74.7 Å². The van der Waals surface area contributed by atoms with E-state index >= 15 is 0 Å². The zero-order valence-corrected chi connectivity index (χ0v) is 24.2. The summed E-state index contributed by atoms with van der Waals surface area (Å²) >= 11 is 0. The van der Waals surface area contributed by atoms with Crippen LogP contribution in [-0.2, 0) is 20.4 Å². The minimum atomic E-state index is -1.51. The normalized spacial score (nSPS) is 18.0. The van der Waals surface area contributed by atoms with Gasteiger partial charge in [-0.25, -0.2) is 0 Å². The second-order valence-electron chi connectivity index (χ2n) is 10.6. The summed E-state index contributed by atoms with van der Waals surface area (Å²) in [7, 11) is -1.51. The summed E-state index contributed by atoms with van der Waals surface area (Å²) in [5.74, 6) is -0.633. The molecule has 1 aliphatic heterocycles. The fourth-order valence-electron chi connectivity index (χ4n) is 4.75. The number of imide groups is 1. The van der Waals surface area contributed by atoms with E-state index in [9.17, 15) is 18.9 Å². The van der Waals surface area contributed by atoms with Gasteiger partial charge in [-0.2, -0.15) is 0 Å². The number of likely N-dealkylation sites (tertiary alicyclic amines) is 1. The molecule has 0 radical (unpaired) electrons. The van der Waals surface area contributed by atoms with Gasteiger partial charge in [0, 0.05) is 17.0 Å². The monoisotopic (exact) mass is 525 g/mol. The van der Waals surface area contributed by atoms with Crippen LogP contribution in [0.3, 0.4) is 0 Å². The Balaban J connectivity index is 1.94. The Hall–Kier alpha value is -1.01. The van der Waals surface area contributed by atoms with Gasteiger partial charge in [-0.05, 0) is 19.3 Å². The third-order valence-corrected chi connectivity index (χ3v) is 8.98. The fourth-order valence-corrected chi connectivity index (χ4v) is 6.27. The first-order valence-corrected chi connectivity index (χ1v) is 16.5. The molecule has 2 amide bonds. The largest absolute Gasteiger partial charge is 0.392 e. The van der Waals surface area contributed by atoms with E-state index in [0.717, 1.165) is 17.7 Å². The van der Waals surface area contributed by atoms with Gasteiger partial charge >= 0.3 is 0 Å². The zero-order valence-electron chi connectivity index (χ0n) is 23.4. The van der Waals surface area contributed by atoms with Crippen LogP contribution in [-0.4, -0.2) is 43.1 Å². The molecule has 0 saturated carbocycles. The summed E-state index contributed by atoms with van der Waals surface area (Å²) in [5.41, 5.74) is 0. The van der Waals surface area contributed by atoms with Gasteiger partial charge in [0.25, 0.3) is 0 Å². The molecule has 1 heterocycles. The molecule has 1 fully saturated rings. The average Bonchev–Trinajstić information content (AvgIpc) is 3.15. The van der Waals surface area contributed by atoms with Gasteiger partial charge in [-0.3, -0.25) is 18.7 Å². The molecule has 0 bridgehead atoms. The second-order valence-corrected chi connectivity index (χ2v) is 12.3. The summed E-state index contributed by atoms with van der Waals surface area (Å²) in [6.07, 6.45) is 28.4. The number of carbonyl (C=O) groups is 2. The molecule has 3 atom stereocenters. The van der Waals surface area contributed by atoms with E-state index in [-0.39, 0.29) is 18.1 Å². The molecule has 0 aliphatic carbocycles. The first-order chi connectivity index (χ1) is 17.5.